The van der Waals surface area contributed by atoms with Crippen molar-refractivity contribution in [1.29, 1.82) is 0 Å². The Hall–Kier alpha value is -2.41. The van der Waals surface area contributed by atoms with Gasteiger partial charge in [-0.25, -0.2) is 4.79 Å². The number of anilines is 1. The minimum Gasteiger partial charge on any atom is -0.478 e. The Morgan fingerprint density at radius 1 is 1.24 bits per heavy atom. The molecule has 0 atom stereocenters. The normalized spacial score (nSPS) is 10.1. The zero-order chi connectivity index (χ0) is 15.4. The Kier molecular flexibility index (Phi) is 4.54. The van der Waals surface area contributed by atoms with E-state index in [4.69, 9.17) is 5.11 Å². The summed E-state index contributed by atoms with van der Waals surface area (Å²) in [6, 6.07) is 11.2. The fourth-order valence-corrected chi connectivity index (χ4v) is 2.13. The van der Waals surface area contributed by atoms with Crippen molar-refractivity contribution >= 4 is 33.3 Å². The molecule has 0 bridgehead atoms. The van der Waals surface area contributed by atoms with Gasteiger partial charge in [-0.1, -0.05) is 6.07 Å². The molecule has 2 aromatic rings. The molecule has 2 rings (SSSR count). The van der Waals surface area contributed by atoms with Gasteiger partial charge in [0.25, 0.3) is 5.69 Å². The molecule has 0 amide bonds. The van der Waals surface area contributed by atoms with Gasteiger partial charge in [-0.2, -0.15) is 0 Å². The summed E-state index contributed by atoms with van der Waals surface area (Å²) in [6.07, 6.45) is 0. The van der Waals surface area contributed by atoms with Crippen LogP contribution in [-0.4, -0.2) is 16.0 Å². The van der Waals surface area contributed by atoms with Gasteiger partial charge < -0.3 is 10.4 Å². The van der Waals surface area contributed by atoms with Gasteiger partial charge in [0, 0.05) is 18.3 Å². The molecule has 0 unspecified atom stereocenters. The highest BCUT2D eigenvalue weighted by atomic mass is 79.9. The van der Waals surface area contributed by atoms with E-state index in [0.29, 0.717) is 11.0 Å². The zero-order valence-corrected chi connectivity index (χ0v) is 12.3. The van der Waals surface area contributed by atoms with Gasteiger partial charge in [0.05, 0.1) is 15.0 Å². The van der Waals surface area contributed by atoms with Crippen LogP contribution >= 0.6 is 15.9 Å². The molecular weight excluding hydrogens is 340 g/mol. The Balaban J connectivity index is 2.07. The SMILES string of the molecule is O=C(O)c1ccc(NCc2ccc(Br)c([N+](=O)[O-])c2)cc1. The van der Waals surface area contributed by atoms with Gasteiger partial charge >= 0.3 is 5.97 Å². The van der Waals surface area contributed by atoms with Crippen molar-refractivity contribution in [1.82, 2.24) is 0 Å². The molecule has 0 fully saturated rings. The minimum atomic E-state index is -0.981. The molecule has 0 aliphatic rings. The first-order chi connectivity index (χ1) is 9.97. The van der Waals surface area contributed by atoms with Gasteiger partial charge in [0.15, 0.2) is 0 Å². The second-order valence-electron chi connectivity index (χ2n) is 4.28. The van der Waals surface area contributed by atoms with Crippen molar-refractivity contribution in [2.75, 3.05) is 5.32 Å². The number of nitro benzene ring substituents is 1. The summed E-state index contributed by atoms with van der Waals surface area (Å²) < 4.78 is 0.432. The van der Waals surface area contributed by atoms with E-state index in [2.05, 4.69) is 21.2 Å². The lowest BCUT2D eigenvalue weighted by Crippen LogP contribution is -2.01. The highest BCUT2D eigenvalue weighted by Gasteiger charge is 2.12. The summed E-state index contributed by atoms with van der Waals surface area (Å²) in [7, 11) is 0. The molecule has 0 spiro atoms. The molecule has 2 N–H and O–H groups in total. The lowest BCUT2D eigenvalue weighted by atomic mass is 10.2. The number of rotatable bonds is 5. The Morgan fingerprint density at radius 2 is 1.90 bits per heavy atom. The molecule has 6 nitrogen and oxygen atoms in total. The van der Waals surface area contributed by atoms with Gasteiger partial charge in [-0.05, 0) is 51.8 Å². The first kappa shape index (κ1) is 15.0. The van der Waals surface area contributed by atoms with Gasteiger partial charge in [-0.3, -0.25) is 10.1 Å². The van der Waals surface area contributed by atoms with Gasteiger partial charge in [-0.15, -0.1) is 0 Å². The van der Waals surface area contributed by atoms with Crippen LogP contribution in [0.3, 0.4) is 0 Å². The van der Waals surface area contributed by atoms with E-state index in [1.165, 1.54) is 18.2 Å². The van der Waals surface area contributed by atoms with Gasteiger partial charge in [0.1, 0.15) is 0 Å². The van der Waals surface area contributed by atoms with Crippen molar-refractivity contribution in [3.05, 3.63) is 68.2 Å². The average molecular weight is 351 g/mol. The molecule has 7 heteroatoms. The van der Waals surface area contributed by atoms with Crippen molar-refractivity contribution in [2.45, 2.75) is 6.54 Å². The number of nitrogens with one attached hydrogen (secondary N) is 1. The third kappa shape index (κ3) is 3.79. The van der Waals surface area contributed by atoms with Crippen molar-refractivity contribution in [3.63, 3.8) is 0 Å². The molecular formula is C14H11BrN2O4. The van der Waals surface area contributed by atoms with E-state index >= 15 is 0 Å². The van der Waals surface area contributed by atoms with E-state index in [1.807, 2.05) is 0 Å². The lowest BCUT2D eigenvalue weighted by Gasteiger charge is -2.07. The van der Waals surface area contributed by atoms with Crippen LogP contribution in [0.15, 0.2) is 46.9 Å². The summed E-state index contributed by atoms with van der Waals surface area (Å²) in [5.74, 6) is -0.981. The second kappa shape index (κ2) is 6.36. The first-order valence-electron chi connectivity index (χ1n) is 5.97. The summed E-state index contributed by atoms with van der Waals surface area (Å²) in [6.45, 7) is 0.403. The fraction of sp³-hybridized carbons (Fsp3) is 0.0714. The minimum absolute atomic E-state index is 0.00975. The molecule has 0 heterocycles. The number of carboxylic acids is 1. The van der Waals surface area contributed by atoms with Crippen LogP contribution in [0.5, 0.6) is 0 Å². The highest BCUT2D eigenvalue weighted by molar-refractivity contribution is 9.10. The van der Waals surface area contributed by atoms with E-state index in [9.17, 15) is 14.9 Å². The largest absolute Gasteiger partial charge is 0.478 e. The van der Waals surface area contributed by atoms with Crippen LogP contribution in [-0.2, 0) is 6.54 Å². The third-order valence-electron chi connectivity index (χ3n) is 2.84. The monoisotopic (exact) mass is 350 g/mol. The first-order valence-corrected chi connectivity index (χ1v) is 6.76. The topological polar surface area (TPSA) is 92.5 Å². The number of aromatic carboxylic acids is 1. The van der Waals surface area contributed by atoms with Crippen LogP contribution < -0.4 is 5.32 Å². The van der Waals surface area contributed by atoms with Crippen molar-refractivity contribution < 1.29 is 14.8 Å². The number of hydrogen-bond acceptors (Lipinski definition) is 4. The molecule has 0 aliphatic heterocycles. The Bertz CT molecular complexity index is 686. The van der Waals surface area contributed by atoms with Crippen LogP contribution in [0.1, 0.15) is 15.9 Å². The number of nitro groups is 1. The number of nitrogens with zero attached hydrogens (tertiary/aromatic N) is 1. The number of halogens is 1. The zero-order valence-electron chi connectivity index (χ0n) is 10.7. The third-order valence-corrected chi connectivity index (χ3v) is 3.51. The molecule has 0 saturated heterocycles. The highest BCUT2D eigenvalue weighted by Crippen LogP contribution is 2.26. The maximum atomic E-state index is 10.8. The van der Waals surface area contributed by atoms with Crippen molar-refractivity contribution in [3.8, 4) is 0 Å². The molecule has 0 aromatic heterocycles. The molecule has 2 aromatic carbocycles. The van der Waals surface area contributed by atoms with Crippen LogP contribution in [0.2, 0.25) is 0 Å². The van der Waals surface area contributed by atoms with Crippen LogP contribution in [0.4, 0.5) is 11.4 Å². The summed E-state index contributed by atoms with van der Waals surface area (Å²) >= 11 is 3.13. The maximum Gasteiger partial charge on any atom is 0.335 e. The van der Waals surface area contributed by atoms with Crippen LogP contribution in [0.25, 0.3) is 0 Å². The molecule has 108 valence electrons. The number of carbonyl (C=O) groups is 1. The Morgan fingerprint density at radius 3 is 2.48 bits per heavy atom. The molecule has 0 saturated carbocycles. The Labute approximate surface area is 128 Å². The number of carboxylic acid groups (broad SMARTS) is 1. The average Bonchev–Trinajstić information content (AvgIpc) is 2.46. The smallest absolute Gasteiger partial charge is 0.335 e. The predicted molar refractivity (Wildman–Crippen MR) is 81.5 cm³/mol. The van der Waals surface area contributed by atoms with E-state index in [0.717, 1.165) is 11.3 Å². The summed E-state index contributed by atoms with van der Waals surface area (Å²) in [4.78, 5) is 21.1. The van der Waals surface area contributed by atoms with E-state index in [-0.39, 0.29) is 11.3 Å². The summed E-state index contributed by atoms with van der Waals surface area (Å²) in [5, 5.41) is 22.7. The molecule has 0 radical (unpaired) electrons. The van der Waals surface area contributed by atoms with E-state index < -0.39 is 10.9 Å². The maximum absolute atomic E-state index is 10.8. The van der Waals surface area contributed by atoms with Crippen molar-refractivity contribution in [2.24, 2.45) is 0 Å². The standard InChI is InChI=1S/C14H11BrN2O4/c15-12-6-1-9(7-13(12)17(20)21)8-16-11-4-2-10(3-5-11)14(18)19/h1-7,16H,8H2,(H,18,19). The van der Waals surface area contributed by atoms with Crippen LogP contribution in [0, 0.1) is 10.1 Å². The second-order valence-corrected chi connectivity index (χ2v) is 5.13. The molecule has 0 aliphatic carbocycles. The quantitative estimate of drug-likeness (QED) is 0.633. The van der Waals surface area contributed by atoms with Gasteiger partial charge in [0.2, 0.25) is 0 Å². The van der Waals surface area contributed by atoms with E-state index in [1.54, 1.807) is 24.3 Å². The molecule has 21 heavy (non-hydrogen) atoms. The number of benzene rings is 2. The number of hydrogen-bond donors (Lipinski definition) is 2. The fourth-order valence-electron chi connectivity index (χ4n) is 1.74. The summed E-state index contributed by atoms with van der Waals surface area (Å²) in [5.41, 5.74) is 1.72. The lowest BCUT2D eigenvalue weighted by molar-refractivity contribution is -0.385. The predicted octanol–water partition coefficient (Wildman–Crippen LogP) is 3.67.